The van der Waals surface area contributed by atoms with Gasteiger partial charge in [0.15, 0.2) is 0 Å². The topological polar surface area (TPSA) is 57.2 Å². The maximum atomic E-state index is 12.2. The van der Waals surface area contributed by atoms with Crippen molar-refractivity contribution in [1.82, 2.24) is 4.90 Å². The second kappa shape index (κ2) is 5.53. The summed E-state index contributed by atoms with van der Waals surface area (Å²) in [4.78, 5) is 13.8. The van der Waals surface area contributed by atoms with E-state index in [-0.39, 0.29) is 5.91 Å². The molecule has 0 unspecified atom stereocenters. The lowest BCUT2D eigenvalue weighted by Gasteiger charge is -2.27. The fourth-order valence-corrected chi connectivity index (χ4v) is 1.83. The maximum Gasteiger partial charge on any atom is 0.243 e. The number of rotatable bonds is 5. The number of hydrogen-bond acceptors (Lipinski definition) is 3. The highest BCUT2D eigenvalue weighted by molar-refractivity contribution is 5.85. The third kappa shape index (κ3) is 2.68. The molecule has 92 valence electrons. The van der Waals surface area contributed by atoms with E-state index in [1.165, 1.54) is 0 Å². The second-order valence-electron chi connectivity index (χ2n) is 4.14. The van der Waals surface area contributed by atoms with Crippen LogP contribution in [-0.4, -0.2) is 17.9 Å². The normalized spacial score (nSPS) is 10.9. The summed E-state index contributed by atoms with van der Waals surface area (Å²) in [5.74, 6) is 0.585. The summed E-state index contributed by atoms with van der Waals surface area (Å²) in [5.41, 5.74) is -0.901. The minimum Gasteiger partial charge on any atom is -0.467 e. The molecule has 0 aromatic carbocycles. The molecule has 0 N–H and O–H groups in total. The Morgan fingerprint density at radius 3 is 2.59 bits per heavy atom. The minimum absolute atomic E-state index is 0.138. The summed E-state index contributed by atoms with van der Waals surface area (Å²) in [5, 5.41) is 9.20. The molecular formula is C13H18N2O2. The zero-order valence-corrected chi connectivity index (χ0v) is 10.6. The van der Waals surface area contributed by atoms with Crippen molar-refractivity contribution in [1.29, 1.82) is 5.26 Å². The Morgan fingerprint density at radius 2 is 2.18 bits per heavy atom. The fourth-order valence-electron chi connectivity index (χ4n) is 1.83. The van der Waals surface area contributed by atoms with Crippen LogP contribution in [0.3, 0.4) is 0 Å². The van der Waals surface area contributed by atoms with E-state index in [0.29, 0.717) is 19.4 Å². The predicted molar refractivity (Wildman–Crippen MR) is 63.8 cm³/mol. The lowest BCUT2D eigenvalue weighted by Crippen LogP contribution is -2.40. The second-order valence-corrected chi connectivity index (χ2v) is 4.14. The Morgan fingerprint density at radius 1 is 1.53 bits per heavy atom. The van der Waals surface area contributed by atoms with Gasteiger partial charge < -0.3 is 9.32 Å². The summed E-state index contributed by atoms with van der Waals surface area (Å²) in [6.07, 6.45) is 2.63. The average Bonchev–Trinajstić information content (AvgIpc) is 2.84. The molecule has 1 rings (SSSR count). The van der Waals surface area contributed by atoms with Crippen LogP contribution in [0.4, 0.5) is 0 Å². The molecule has 0 spiro atoms. The van der Waals surface area contributed by atoms with E-state index in [0.717, 1.165) is 5.76 Å². The van der Waals surface area contributed by atoms with Gasteiger partial charge in [0.1, 0.15) is 11.2 Å². The van der Waals surface area contributed by atoms with Crippen LogP contribution in [-0.2, 0) is 11.3 Å². The number of carbonyl (C=O) groups is 1. The van der Waals surface area contributed by atoms with E-state index in [4.69, 9.17) is 4.42 Å². The summed E-state index contributed by atoms with van der Waals surface area (Å²) in [6, 6.07) is 5.75. The summed E-state index contributed by atoms with van der Waals surface area (Å²) in [6.45, 7) is 4.13. The van der Waals surface area contributed by atoms with Crippen molar-refractivity contribution in [2.45, 2.75) is 33.2 Å². The number of amides is 1. The summed E-state index contributed by atoms with van der Waals surface area (Å²) < 4.78 is 5.19. The maximum absolute atomic E-state index is 12.2. The highest BCUT2D eigenvalue weighted by Crippen LogP contribution is 2.28. The molecule has 0 fully saturated rings. The fraction of sp³-hybridized carbons (Fsp3) is 0.538. The van der Waals surface area contributed by atoms with Gasteiger partial charge in [0.25, 0.3) is 0 Å². The molecule has 0 atom stereocenters. The van der Waals surface area contributed by atoms with Crippen LogP contribution in [0.5, 0.6) is 0 Å². The number of carbonyl (C=O) groups excluding carboxylic acids is 1. The van der Waals surface area contributed by atoms with Crippen molar-refractivity contribution in [3.63, 3.8) is 0 Å². The van der Waals surface area contributed by atoms with Crippen molar-refractivity contribution in [2.75, 3.05) is 7.05 Å². The van der Waals surface area contributed by atoms with Gasteiger partial charge in [-0.05, 0) is 25.0 Å². The van der Waals surface area contributed by atoms with Crippen molar-refractivity contribution in [2.24, 2.45) is 5.41 Å². The molecule has 1 aromatic rings. The lowest BCUT2D eigenvalue weighted by atomic mass is 9.82. The Balaban J connectivity index is 2.78. The third-order valence-electron chi connectivity index (χ3n) is 3.15. The van der Waals surface area contributed by atoms with Gasteiger partial charge in [0.05, 0.1) is 18.9 Å². The first-order valence-corrected chi connectivity index (χ1v) is 5.78. The molecule has 17 heavy (non-hydrogen) atoms. The van der Waals surface area contributed by atoms with Gasteiger partial charge in [-0.25, -0.2) is 0 Å². The number of furan rings is 1. The Kier molecular flexibility index (Phi) is 4.33. The summed E-state index contributed by atoms with van der Waals surface area (Å²) >= 11 is 0. The van der Waals surface area contributed by atoms with Crippen molar-refractivity contribution in [3.8, 4) is 6.07 Å². The highest BCUT2D eigenvalue weighted by Gasteiger charge is 2.37. The molecule has 4 heteroatoms. The van der Waals surface area contributed by atoms with Crippen LogP contribution < -0.4 is 0 Å². The van der Waals surface area contributed by atoms with Crippen LogP contribution >= 0.6 is 0 Å². The summed E-state index contributed by atoms with van der Waals surface area (Å²) in [7, 11) is 1.70. The first-order chi connectivity index (χ1) is 8.09. The third-order valence-corrected chi connectivity index (χ3v) is 3.15. The molecule has 0 bridgehead atoms. The van der Waals surface area contributed by atoms with Crippen molar-refractivity contribution in [3.05, 3.63) is 24.2 Å². The van der Waals surface area contributed by atoms with Crippen molar-refractivity contribution < 1.29 is 9.21 Å². The molecule has 1 heterocycles. The van der Waals surface area contributed by atoms with Crippen molar-refractivity contribution >= 4 is 5.91 Å². The molecule has 1 aromatic heterocycles. The predicted octanol–water partition coefficient (Wildman–Crippen LogP) is 2.57. The average molecular weight is 234 g/mol. The first-order valence-electron chi connectivity index (χ1n) is 5.78. The molecular weight excluding hydrogens is 216 g/mol. The van der Waals surface area contributed by atoms with Crippen LogP contribution in [0, 0.1) is 16.7 Å². The van der Waals surface area contributed by atoms with Crippen LogP contribution in [0.1, 0.15) is 32.4 Å². The van der Waals surface area contributed by atoms with Gasteiger partial charge in [-0.1, -0.05) is 13.8 Å². The van der Waals surface area contributed by atoms with Gasteiger partial charge in [0.2, 0.25) is 5.91 Å². The molecule has 0 saturated carbocycles. The smallest absolute Gasteiger partial charge is 0.243 e. The molecule has 0 radical (unpaired) electrons. The Labute approximate surface area is 102 Å². The first kappa shape index (κ1) is 13.3. The van der Waals surface area contributed by atoms with E-state index in [2.05, 4.69) is 6.07 Å². The van der Waals surface area contributed by atoms with E-state index < -0.39 is 5.41 Å². The molecule has 0 saturated heterocycles. The van der Waals surface area contributed by atoms with E-state index >= 15 is 0 Å². The van der Waals surface area contributed by atoms with Gasteiger partial charge in [-0.3, -0.25) is 4.79 Å². The largest absolute Gasteiger partial charge is 0.467 e. The number of nitriles is 1. The standard InChI is InChI=1S/C13H18N2O2/c1-4-13(5-2,10-14)12(16)15(3)9-11-7-6-8-17-11/h6-8H,4-5,9H2,1-3H3. The minimum atomic E-state index is -0.901. The van der Waals surface area contributed by atoms with Crippen LogP contribution in [0.2, 0.25) is 0 Å². The zero-order valence-electron chi connectivity index (χ0n) is 10.6. The monoisotopic (exact) mass is 234 g/mol. The van der Waals surface area contributed by atoms with Gasteiger partial charge >= 0.3 is 0 Å². The van der Waals surface area contributed by atoms with E-state index in [1.807, 2.05) is 19.9 Å². The Bertz CT molecular complexity index is 400. The van der Waals surface area contributed by atoms with Gasteiger partial charge in [0, 0.05) is 7.05 Å². The lowest BCUT2D eigenvalue weighted by molar-refractivity contribution is -0.138. The molecule has 0 aliphatic heterocycles. The Hall–Kier alpha value is -1.76. The van der Waals surface area contributed by atoms with Gasteiger partial charge in [-0.2, -0.15) is 5.26 Å². The molecule has 1 amide bonds. The molecule has 4 nitrogen and oxygen atoms in total. The van der Waals surface area contributed by atoms with Gasteiger partial charge in [-0.15, -0.1) is 0 Å². The van der Waals surface area contributed by atoms with Crippen LogP contribution in [0.15, 0.2) is 22.8 Å². The van der Waals surface area contributed by atoms with E-state index in [9.17, 15) is 10.1 Å². The SMILES string of the molecule is CCC(C#N)(CC)C(=O)N(C)Cc1ccco1. The number of nitrogens with zero attached hydrogens (tertiary/aromatic N) is 2. The quantitative estimate of drug-likeness (QED) is 0.786. The molecule has 0 aliphatic carbocycles. The highest BCUT2D eigenvalue weighted by atomic mass is 16.3. The molecule has 0 aliphatic rings. The zero-order chi connectivity index (χ0) is 12.9. The van der Waals surface area contributed by atoms with Crippen LogP contribution in [0.25, 0.3) is 0 Å². The number of hydrogen-bond donors (Lipinski definition) is 0. The van der Waals surface area contributed by atoms with E-state index in [1.54, 1.807) is 24.3 Å².